The third kappa shape index (κ3) is 5.71. The summed E-state index contributed by atoms with van der Waals surface area (Å²) in [7, 11) is 4.01. The zero-order chi connectivity index (χ0) is 23.3. The number of carbonyl (C=O) groups excluding carboxylic acids is 1. The van der Waals surface area contributed by atoms with Gasteiger partial charge in [0.05, 0.1) is 11.3 Å². The standard InChI is InChI=1S/C24H30ClN5OS/c1-6-29(16-19-10-8-7-9-11-19)23(31)18(3)32-24-27-26-22(17(2)28(4)5)30(24)21-14-12-20(25)13-15-21/h7-15,17-18H,6,16H2,1-5H3. The molecule has 0 aliphatic carbocycles. The Bertz CT molecular complexity index is 1020. The van der Waals surface area contributed by atoms with Gasteiger partial charge in [0.25, 0.3) is 0 Å². The van der Waals surface area contributed by atoms with E-state index in [-0.39, 0.29) is 17.2 Å². The van der Waals surface area contributed by atoms with Gasteiger partial charge in [-0.1, -0.05) is 53.7 Å². The van der Waals surface area contributed by atoms with Crippen LogP contribution in [0.15, 0.2) is 59.8 Å². The molecule has 3 rings (SSSR count). The zero-order valence-electron chi connectivity index (χ0n) is 19.2. The molecule has 0 saturated carbocycles. The van der Waals surface area contributed by atoms with Crippen LogP contribution in [0, 0.1) is 0 Å². The first kappa shape index (κ1) is 24.3. The number of halogens is 1. The van der Waals surface area contributed by atoms with Gasteiger partial charge in [-0.25, -0.2) is 0 Å². The third-order valence-corrected chi connectivity index (χ3v) is 6.71. The smallest absolute Gasteiger partial charge is 0.236 e. The lowest BCUT2D eigenvalue weighted by atomic mass is 10.2. The van der Waals surface area contributed by atoms with Crippen molar-refractivity contribution >= 4 is 29.3 Å². The van der Waals surface area contributed by atoms with Gasteiger partial charge in [-0.05, 0) is 64.7 Å². The number of benzene rings is 2. The zero-order valence-corrected chi connectivity index (χ0v) is 20.8. The Balaban J connectivity index is 1.87. The van der Waals surface area contributed by atoms with Gasteiger partial charge >= 0.3 is 0 Å². The van der Waals surface area contributed by atoms with Crippen molar-refractivity contribution in [2.24, 2.45) is 0 Å². The molecule has 1 heterocycles. The number of hydrogen-bond acceptors (Lipinski definition) is 5. The van der Waals surface area contributed by atoms with E-state index in [1.54, 1.807) is 0 Å². The number of rotatable bonds is 9. The van der Waals surface area contributed by atoms with Gasteiger partial charge in [0.2, 0.25) is 5.91 Å². The lowest BCUT2D eigenvalue weighted by molar-refractivity contribution is -0.130. The summed E-state index contributed by atoms with van der Waals surface area (Å²) in [5.74, 6) is 0.894. The van der Waals surface area contributed by atoms with Crippen LogP contribution in [-0.4, -0.2) is 56.4 Å². The maximum Gasteiger partial charge on any atom is 0.236 e. The molecular formula is C24H30ClN5OS. The lowest BCUT2D eigenvalue weighted by Crippen LogP contribution is -2.36. The molecule has 8 heteroatoms. The minimum Gasteiger partial charge on any atom is -0.338 e. The summed E-state index contributed by atoms with van der Waals surface area (Å²) >= 11 is 7.53. The molecule has 1 amide bonds. The molecule has 3 aromatic rings. The number of hydrogen-bond donors (Lipinski definition) is 0. The van der Waals surface area contributed by atoms with Crippen molar-refractivity contribution in [3.63, 3.8) is 0 Å². The summed E-state index contributed by atoms with van der Waals surface area (Å²) in [5, 5.41) is 9.98. The monoisotopic (exact) mass is 471 g/mol. The van der Waals surface area contributed by atoms with Crippen molar-refractivity contribution in [1.29, 1.82) is 0 Å². The molecule has 6 nitrogen and oxygen atoms in total. The molecule has 0 saturated heterocycles. The van der Waals surface area contributed by atoms with Crippen LogP contribution in [0.5, 0.6) is 0 Å². The second kappa shape index (κ2) is 11.0. The number of nitrogens with zero attached hydrogens (tertiary/aromatic N) is 5. The summed E-state index contributed by atoms with van der Waals surface area (Å²) < 4.78 is 2.02. The Morgan fingerprint density at radius 1 is 1.06 bits per heavy atom. The first-order chi connectivity index (χ1) is 15.3. The quantitative estimate of drug-likeness (QED) is 0.408. The van der Waals surface area contributed by atoms with E-state index in [2.05, 4.69) is 22.0 Å². The van der Waals surface area contributed by atoms with E-state index in [1.165, 1.54) is 11.8 Å². The number of amides is 1. The van der Waals surface area contributed by atoms with Crippen LogP contribution in [-0.2, 0) is 11.3 Å². The van der Waals surface area contributed by atoms with Crippen molar-refractivity contribution < 1.29 is 4.79 Å². The fourth-order valence-corrected chi connectivity index (χ4v) is 4.39. The summed E-state index contributed by atoms with van der Waals surface area (Å²) in [5.41, 5.74) is 2.04. The normalized spacial score (nSPS) is 13.2. The topological polar surface area (TPSA) is 54.3 Å². The predicted molar refractivity (Wildman–Crippen MR) is 131 cm³/mol. The predicted octanol–water partition coefficient (Wildman–Crippen LogP) is 5.07. The van der Waals surface area contributed by atoms with Crippen LogP contribution >= 0.6 is 23.4 Å². The van der Waals surface area contributed by atoms with Crippen molar-refractivity contribution in [1.82, 2.24) is 24.6 Å². The minimum absolute atomic E-state index is 0.0451. The molecule has 0 fully saturated rings. The molecule has 0 radical (unpaired) electrons. The molecule has 0 spiro atoms. The average molecular weight is 472 g/mol. The SMILES string of the molecule is CCN(Cc1ccccc1)C(=O)C(C)Sc1nnc(C(C)N(C)C)n1-c1ccc(Cl)cc1. The Hall–Kier alpha value is -2.35. The summed E-state index contributed by atoms with van der Waals surface area (Å²) in [4.78, 5) is 17.2. The van der Waals surface area contributed by atoms with Crippen LogP contribution in [0.3, 0.4) is 0 Å². The minimum atomic E-state index is -0.309. The van der Waals surface area contributed by atoms with Gasteiger partial charge in [-0.15, -0.1) is 10.2 Å². The first-order valence-electron chi connectivity index (χ1n) is 10.7. The van der Waals surface area contributed by atoms with Gasteiger partial charge in [0.15, 0.2) is 11.0 Å². The van der Waals surface area contributed by atoms with Crippen LogP contribution in [0.2, 0.25) is 5.02 Å². The molecule has 32 heavy (non-hydrogen) atoms. The largest absolute Gasteiger partial charge is 0.338 e. The Labute approximate surface area is 199 Å². The van der Waals surface area contributed by atoms with E-state index in [1.807, 2.05) is 92.0 Å². The second-order valence-corrected chi connectivity index (χ2v) is 9.63. The van der Waals surface area contributed by atoms with E-state index in [0.29, 0.717) is 23.3 Å². The molecule has 0 aliphatic heterocycles. The highest BCUT2D eigenvalue weighted by atomic mass is 35.5. The van der Waals surface area contributed by atoms with Crippen LogP contribution in [0.25, 0.3) is 5.69 Å². The summed E-state index contributed by atoms with van der Waals surface area (Å²) in [6, 6.07) is 17.7. The molecule has 0 bridgehead atoms. The second-order valence-electron chi connectivity index (χ2n) is 7.89. The fourth-order valence-electron chi connectivity index (χ4n) is 3.31. The molecule has 170 valence electrons. The maximum atomic E-state index is 13.2. The molecule has 1 aromatic heterocycles. The van der Waals surface area contributed by atoms with Gasteiger partial charge in [0.1, 0.15) is 0 Å². The van der Waals surface area contributed by atoms with Crippen molar-refractivity contribution in [2.45, 2.75) is 43.8 Å². The van der Waals surface area contributed by atoms with Gasteiger partial charge in [-0.2, -0.15) is 0 Å². The third-order valence-electron chi connectivity index (χ3n) is 5.43. The van der Waals surface area contributed by atoms with Gasteiger partial charge in [-0.3, -0.25) is 14.3 Å². The van der Waals surface area contributed by atoms with Crippen LogP contribution < -0.4 is 0 Å². The van der Waals surface area contributed by atoms with E-state index in [0.717, 1.165) is 17.1 Å². The number of carbonyl (C=O) groups is 1. The van der Waals surface area contributed by atoms with E-state index >= 15 is 0 Å². The fraction of sp³-hybridized carbons (Fsp3) is 0.375. The Kier molecular flexibility index (Phi) is 8.34. The van der Waals surface area contributed by atoms with E-state index in [4.69, 9.17) is 11.6 Å². The van der Waals surface area contributed by atoms with Crippen molar-refractivity contribution in [3.8, 4) is 5.69 Å². The van der Waals surface area contributed by atoms with Crippen LogP contribution in [0.4, 0.5) is 0 Å². The molecule has 0 N–H and O–H groups in total. The number of thioether (sulfide) groups is 1. The van der Waals surface area contributed by atoms with Gasteiger partial charge in [0, 0.05) is 23.8 Å². The Morgan fingerprint density at radius 3 is 2.31 bits per heavy atom. The lowest BCUT2D eigenvalue weighted by Gasteiger charge is -2.24. The summed E-state index contributed by atoms with van der Waals surface area (Å²) in [6.45, 7) is 7.25. The highest BCUT2D eigenvalue weighted by Gasteiger charge is 2.26. The highest BCUT2D eigenvalue weighted by molar-refractivity contribution is 8.00. The molecular weight excluding hydrogens is 442 g/mol. The van der Waals surface area contributed by atoms with E-state index < -0.39 is 0 Å². The maximum absolute atomic E-state index is 13.2. The van der Waals surface area contributed by atoms with Crippen LogP contribution in [0.1, 0.15) is 38.2 Å². The van der Waals surface area contributed by atoms with Crippen molar-refractivity contribution in [3.05, 3.63) is 71.0 Å². The first-order valence-corrected chi connectivity index (χ1v) is 11.9. The molecule has 2 aromatic carbocycles. The average Bonchev–Trinajstić information content (AvgIpc) is 3.20. The van der Waals surface area contributed by atoms with Gasteiger partial charge < -0.3 is 4.90 Å². The summed E-state index contributed by atoms with van der Waals surface area (Å²) in [6.07, 6.45) is 0. The van der Waals surface area contributed by atoms with E-state index in [9.17, 15) is 4.79 Å². The molecule has 0 aliphatic rings. The molecule has 2 atom stereocenters. The van der Waals surface area contributed by atoms with Crippen molar-refractivity contribution in [2.75, 3.05) is 20.6 Å². The molecule has 2 unspecified atom stereocenters. The number of aromatic nitrogens is 3. The Morgan fingerprint density at radius 2 is 1.72 bits per heavy atom. The highest BCUT2D eigenvalue weighted by Crippen LogP contribution is 2.30.